The molecule has 6 heteroatoms. The number of rotatable bonds is 6. The van der Waals surface area contributed by atoms with Crippen molar-refractivity contribution in [3.05, 3.63) is 29.8 Å². The van der Waals surface area contributed by atoms with Crippen LogP contribution in [0.1, 0.15) is 5.56 Å². The number of urea groups is 1. The molecule has 1 aromatic carbocycles. The zero-order valence-electron chi connectivity index (χ0n) is 13.3. The number of nitrogens with one attached hydrogen (secondary N) is 1. The number of hydrogen-bond acceptors (Lipinski definition) is 4. The Labute approximate surface area is 132 Å². The fourth-order valence-corrected chi connectivity index (χ4v) is 2.61. The van der Waals surface area contributed by atoms with E-state index in [-0.39, 0.29) is 6.03 Å². The average molecular weight is 306 g/mol. The predicted molar refractivity (Wildman–Crippen MR) is 87.2 cm³/mol. The molecule has 6 nitrogen and oxygen atoms in total. The highest BCUT2D eigenvalue weighted by atomic mass is 16.5. The Morgan fingerprint density at radius 3 is 2.77 bits per heavy atom. The third kappa shape index (κ3) is 4.89. The van der Waals surface area contributed by atoms with Crippen LogP contribution in [-0.4, -0.2) is 68.8 Å². The number of carbonyl (C=O) groups is 1. The molecule has 0 saturated carbocycles. The highest BCUT2D eigenvalue weighted by Gasteiger charge is 2.19. The Balaban J connectivity index is 1.69. The molecule has 3 N–H and O–H groups in total. The fraction of sp³-hybridized carbons (Fsp3) is 0.562. The topological polar surface area (TPSA) is 70.8 Å². The lowest BCUT2D eigenvalue weighted by Gasteiger charge is -2.34. The van der Waals surface area contributed by atoms with E-state index in [1.54, 1.807) is 7.11 Å². The highest BCUT2D eigenvalue weighted by molar-refractivity contribution is 5.74. The summed E-state index contributed by atoms with van der Waals surface area (Å²) < 4.78 is 5.20. The molecule has 22 heavy (non-hydrogen) atoms. The zero-order valence-corrected chi connectivity index (χ0v) is 13.3. The largest absolute Gasteiger partial charge is 0.497 e. The molecule has 1 aliphatic rings. The smallest absolute Gasteiger partial charge is 0.317 e. The van der Waals surface area contributed by atoms with Gasteiger partial charge in [0.25, 0.3) is 0 Å². The third-order valence-electron chi connectivity index (χ3n) is 3.93. The van der Waals surface area contributed by atoms with Gasteiger partial charge < -0.3 is 20.7 Å². The molecule has 122 valence electrons. The number of methoxy groups -OCH3 is 1. The predicted octanol–water partition coefficient (Wildman–Crippen LogP) is 0.524. The standard InChI is InChI=1S/C16H26N4O2/c1-22-15-4-2-3-14(13-15)5-7-18-16(21)20-11-9-19(8-6-17)10-12-20/h2-4,13H,5-12,17H2,1H3,(H,18,21). The second-order valence-corrected chi connectivity index (χ2v) is 5.45. The molecule has 0 aliphatic carbocycles. The van der Waals surface area contributed by atoms with Gasteiger partial charge in [-0.15, -0.1) is 0 Å². The molecule has 0 bridgehead atoms. The number of benzene rings is 1. The maximum absolute atomic E-state index is 12.1. The Bertz CT molecular complexity index is 473. The Kier molecular flexibility index (Phi) is 6.48. The summed E-state index contributed by atoms with van der Waals surface area (Å²) in [5, 5.41) is 2.99. The molecule has 1 heterocycles. The number of hydrogen-bond donors (Lipinski definition) is 2. The van der Waals surface area contributed by atoms with Crippen molar-refractivity contribution in [2.45, 2.75) is 6.42 Å². The minimum absolute atomic E-state index is 0.0234. The van der Waals surface area contributed by atoms with Gasteiger partial charge in [0.1, 0.15) is 5.75 Å². The van der Waals surface area contributed by atoms with Crippen LogP contribution in [0.2, 0.25) is 0 Å². The van der Waals surface area contributed by atoms with Crippen LogP contribution in [0.25, 0.3) is 0 Å². The van der Waals surface area contributed by atoms with E-state index in [9.17, 15) is 4.79 Å². The van der Waals surface area contributed by atoms with Crippen LogP contribution in [0.3, 0.4) is 0 Å². The molecule has 0 spiro atoms. The van der Waals surface area contributed by atoms with E-state index < -0.39 is 0 Å². The maximum Gasteiger partial charge on any atom is 0.317 e. The maximum atomic E-state index is 12.1. The van der Waals surface area contributed by atoms with Gasteiger partial charge in [-0.3, -0.25) is 4.90 Å². The van der Waals surface area contributed by atoms with Crippen molar-refractivity contribution in [1.29, 1.82) is 0 Å². The van der Waals surface area contributed by atoms with E-state index >= 15 is 0 Å². The summed E-state index contributed by atoms with van der Waals surface area (Å²) in [6, 6.07) is 7.95. The van der Waals surface area contributed by atoms with E-state index in [1.165, 1.54) is 0 Å². The first-order valence-corrected chi connectivity index (χ1v) is 7.81. The number of carbonyl (C=O) groups excluding carboxylic acids is 1. The number of amides is 2. The van der Waals surface area contributed by atoms with Gasteiger partial charge in [-0.25, -0.2) is 4.79 Å². The minimum Gasteiger partial charge on any atom is -0.497 e. The number of nitrogens with zero attached hydrogens (tertiary/aromatic N) is 2. The summed E-state index contributed by atoms with van der Waals surface area (Å²) in [5.41, 5.74) is 6.71. The molecule has 1 fully saturated rings. The lowest BCUT2D eigenvalue weighted by Crippen LogP contribution is -2.52. The van der Waals surface area contributed by atoms with Crippen molar-refractivity contribution >= 4 is 6.03 Å². The van der Waals surface area contributed by atoms with Crippen molar-refractivity contribution in [2.24, 2.45) is 5.73 Å². The Morgan fingerprint density at radius 2 is 2.09 bits per heavy atom. The molecule has 0 radical (unpaired) electrons. The van der Waals surface area contributed by atoms with Crippen LogP contribution in [0.5, 0.6) is 5.75 Å². The molecule has 2 amide bonds. The van der Waals surface area contributed by atoms with Crippen molar-refractivity contribution in [1.82, 2.24) is 15.1 Å². The molecule has 0 atom stereocenters. The molecule has 1 aromatic rings. The van der Waals surface area contributed by atoms with E-state index in [1.807, 2.05) is 29.2 Å². The molecular weight excluding hydrogens is 280 g/mol. The van der Waals surface area contributed by atoms with Gasteiger partial charge in [0.15, 0.2) is 0 Å². The average Bonchev–Trinajstić information content (AvgIpc) is 2.56. The molecule has 0 aromatic heterocycles. The molecule has 1 aliphatic heterocycles. The van der Waals surface area contributed by atoms with Crippen LogP contribution in [0.15, 0.2) is 24.3 Å². The van der Waals surface area contributed by atoms with Crippen molar-refractivity contribution in [2.75, 3.05) is 52.9 Å². The summed E-state index contributed by atoms with van der Waals surface area (Å²) in [6.45, 7) is 5.56. The first-order chi connectivity index (χ1) is 10.7. The Morgan fingerprint density at radius 1 is 1.32 bits per heavy atom. The third-order valence-corrected chi connectivity index (χ3v) is 3.93. The molecule has 0 unspecified atom stereocenters. The summed E-state index contributed by atoms with van der Waals surface area (Å²) in [7, 11) is 1.66. The summed E-state index contributed by atoms with van der Waals surface area (Å²) in [4.78, 5) is 16.3. The highest BCUT2D eigenvalue weighted by Crippen LogP contribution is 2.12. The lowest BCUT2D eigenvalue weighted by atomic mass is 10.1. The van der Waals surface area contributed by atoms with Gasteiger partial charge in [0, 0.05) is 45.8 Å². The molecular formula is C16H26N4O2. The molecule has 2 rings (SSSR count). The van der Waals surface area contributed by atoms with Gasteiger partial charge >= 0.3 is 6.03 Å². The second-order valence-electron chi connectivity index (χ2n) is 5.45. The van der Waals surface area contributed by atoms with Crippen LogP contribution >= 0.6 is 0 Å². The SMILES string of the molecule is COc1cccc(CCNC(=O)N2CCN(CCN)CC2)c1. The van der Waals surface area contributed by atoms with Crippen LogP contribution in [0, 0.1) is 0 Å². The summed E-state index contributed by atoms with van der Waals surface area (Å²) >= 11 is 0. The second kappa shape index (κ2) is 8.60. The lowest BCUT2D eigenvalue weighted by molar-refractivity contribution is 0.141. The Hall–Kier alpha value is -1.79. The quantitative estimate of drug-likeness (QED) is 0.804. The van der Waals surface area contributed by atoms with Gasteiger partial charge in [-0.2, -0.15) is 0 Å². The van der Waals surface area contributed by atoms with Crippen molar-refractivity contribution in [3.8, 4) is 5.75 Å². The number of nitrogens with two attached hydrogens (primary N) is 1. The number of ether oxygens (including phenoxy) is 1. The van der Waals surface area contributed by atoms with E-state index in [0.717, 1.165) is 50.5 Å². The first kappa shape index (κ1) is 16.6. The zero-order chi connectivity index (χ0) is 15.8. The van der Waals surface area contributed by atoms with Crippen molar-refractivity contribution in [3.63, 3.8) is 0 Å². The van der Waals surface area contributed by atoms with Gasteiger partial charge in [-0.05, 0) is 24.1 Å². The van der Waals surface area contributed by atoms with Crippen molar-refractivity contribution < 1.29 is 9.53 Å². The minimum atomic E-state index is 0.0234. The van der Waals surface area contributed by atoms with E-state index in [2.05, 4.69) is 10.2 Å². The normalized spacial score (nSPS) is 15.6. The van der Waals surface area contributed by atoms with Crippen LogP contribution in [0.4, 0.5) is 4.79 Å². The molecule has 1 saturated heterocycles. The van der Waals surface area contributed by atoms with Gasteiger partial charge in [-0.1, -0.05) is 12.1 Å². The van der Waals surface area contributed by atoms with E-state index in [4.69, 9.17) is 10.5 Å². The van der Waals surface area contributed by atoms with Crippen LogP contribution in [-0.2, 0) is 6.42 Å². The van der Waals surface area contributed by atoms with Crippen LogP contribution < -0.4 is 15.8 Å². The van der Waals surface area contributed by atoms with E-state index in [0.29, 0.717) is 13.1 Å². The monoisotopic (exact) mass is 306 g/mol. The summed E-state index contributed by atoms with van der Waals surface area (Å²) in [6.07, 6.45) is 0.802. The fourth-order valence-electron chi connectivity index (χ4n) is 2.61. The summed E-state index contributed by atoms with van der Waals surface area (Å²) in [5.74, 6) is 0.847. The number of piperazine rings is 1. The van der Waals surface area contributed by atoms with Gasteiger partial charge in [0.2, 0.25) is 0 Å². The van der Waals surface area contributed by atoms with Gasteiger partial charge in [0.05, 0.1) is 7.11 Å². The first-order valence-electron chi connectivity index (χ1n) is 7.81.